The molecule has 6 rings (SSSR count). The molecule has 3 aliphatic heterocycles. The number of piperidine rings is 1. The number of nitrogens with zero attached hydrogens (tertiary/aromatic N) is 5. The summed E-state index contributed by atoms with van der Waals surface area (Å²) in [6, 6.07) is 13.4. The number of rotatable bonds is 8. The van der Waals surface area contributed by atoms with Crippen LogP contribution in [-0.2, 0) is 9.59 Å². The number of piperazine rings is 1. The van der Waals surface area contributed by atoms with Gasteiger partial charge in [-0.25, -0.2) is 9.18 Å². The lowest BCUT2D eigenvalue weighted by atomic mass is 9.92. The van der Waals surface area contributed by atoms with Gasteiger partial charge in [0.15, 0.2) is 0 Å². The summed E-state index contributed by atoms with van der Waals surface area (Å²) in [6.45, 7) is 15.6. The van der Waals surface area contributed by atoms with Crippen molar-refractivity contribution in [2.45, 2.75) is 83.0 Å². The van der Waals surface area contributed by atoms with E-state index in [0.717, 1.165) is 49.2 Å². The van der Waals surface area contributed by atoms with Gasteiger partial charge in [0.1, 0.15) is 11.2 Å². The summed E-state index contributed by atoms with van der Waals surface area (Å²) >= 11 is 1.49. The summed E-state index contributed by atoms with van der Waals surface area (Å²) in [6.07, 6.45) is 2.27. The number of benzene rings is 2. The molecule has 2 unspecified atom stereocenters. The second-order valence-electron chi connectivity index (χ2n) is 14.7. The number of anilines is 1. The fourth-order valence-corrected chi connectivity index (χ4v) is 8.77. The third-order valence-electron chi connectivity index (χ3n) is 10.0. The van der Waals surface area contributed by atoms with E-state index in [2.05, 4.69) is 49.4 Å². The zero-order valence-electron chi connectivity index (χ0n) is 28.4. The molecule has 47 heavy (non-hydrogen) atoms. The highest BCUT2D eigenvalue weighted by molar-refractivity contribution is 8.01. The minimum atomic E-state index is -0.532. The molecule has 1 N–H and O–H groups in total. The van der Waals surface area contributed by atoms with Crippen molar-refractivity contribution >= 4 is 40.3 Å². The quantitative estimate of drug-likeness (QED) is 0.324. The Labute approximate surface area is 282 Å². The van der Waals surface area contributed by atoms with Crippen molar-refractivity contribution in [1.29, 1.82) is 0 Å². The molecule has 3 aromatic rings. The van der Waals surface area contributed by atoms with Gasteiger partial charge in [-0.05, 0) is 56.7 Å². The smallest absolute Gasteiger partial charge is 0.326 e. The number of hydrogen-bond acceptors (Lipinski definition) is 6. The standard InChI is InChI=1S/C36H49FN6O3S.H2/c1-24(2)39-19-21-41(22-20-39)32-26(9-8-10-27(32)37)34-42(18-15-36(3,4)5)33(45)30(47-34)23-31(44)40-16-13-25(14-17-40)43-29-12-7-6-11-28(29)38-35(43)46;/h6-12,24-25,30,34H,13-23H2,1-5H3,(H,38,46);1H. The summed E-state index contributed by atoms with van der Waals surface area (Å²) < 4.78 is 17.5. The molecular formula is C36H51FN6O3S. The largest absolute Gasteiger partial charge is 0.366 e. The van der Waals surface area contributed by atoms with Crippen molar-refractivity contribution in [3.63, 3.8) is 0 Å². The molecule has 2 atom stereocenters. The molecule has 0 bridgehead atoms. The van der Waals surface area contributed by atoms with Gasteiger partial charge in [-0.3, -0.25) is 19.1 Å². The van der Waals surface area contributed by atoms with Crippen LogP contribution in [0.3, 0.4) is 0 Å². The number of aromatic amines is 1. The van der Waals surface area contributed by atoms with Crippen LogP contribution in [0.25, 0.3) is 11.0 Å². The number of carbonyl (C=O) groups excluding carboxylic acids is 2. The molecule has 256 valence electrons. The van der Waals surface area contributed by atoms with Crippen LogP contribution in [0.5, 0.6) is 0 Å². The van der Waals surface area contributed by atoms with Crippen LogP contribution in [-0.4, -0.2) is 93.2 Å². The van der Waals surface area contributed by atoms with Crippen LogP contribution in [0.1, 0.15) is 78.7 Å². The van der Waals surface area contributed by atoms with Crippen molar-refractivity contribution in [2.75, 3.05) is 50.7 Å². The number of carbonyl (C=O) groups is 2. The lowest BCUT2D eigenvalue weighted by molar-refractivity contribution is -0.136. The number of amides is 2. The highest BCUT2D eigenvalue weighted by atomic mass is 32.2. The molecule has 0 spiro atoms. The molecule has 2 amide bonds. The van der Waals surface area contributed by atoms with E-state index in [1.165, 1.54) is 17.8 Å². The Bertz CT molecular complexity index is 1660. The van der Waals surface area contributed by atoms with Crippen molar-refractivity contribution in [3.05, 3.63) is 64.3 Å². The Kier molecular flexibility index (Phi) is 9.76. The van der Waals surface area contributed by atoms with E-state index in [1.54, 1.807) is 6.07 Å². The topological polar surface area (TPSA) is 84.9 Å². The van der Waals surface area contributed by atoms with Gasteiger partial charge in [-0.15, -0.1) is 11.8 Å². The monoisotopic (exact) mass is 666 g/mol. The first-order valence-corrected chi connectivity index (χ1v) is 18.1. The maximum atomic E-state index is 15.7. The van der Waals surface area contributed by atoms with Crippen LogP contribution < -0.4 is 10.6 Å². The van der Waals surface area contributed by atoms with Crippen LogP contribution in [0, 0.1) is 11.2 Å². The first-order valence-electron chi connectivity index (χ1n) is 17.1. The molecule has 0 saturated carbocycles. The number of nitrogens with one attached hydrogen (secondary N) is 1. The van der Waals surface area contributed by atoms with Gasteiger partial charge in [-0.1, -0.05) is 45.0 Å². The van der Waals surface area contributed by atoms with Crippen LogP contribution in [0.2, 0.25) is 0 Å². The Morgan fingerprint density at radius 3 is 2.38 bits per heavy atom. The Hall–Kier alpha value is -3.31. The first-order chi connectivity index (χ1) is 22.4. The lowest BCUT2D eigenvalue weighted by Crippen LogP contribution is -2.49. The third-order valence-corrected chi connectivity index (χ3v) is 11.5. The van der Waals surface area contributed by atoms with Gasteiger partial charge >= 0.3 is 5.69 Å². The molecule has 3 saturated heterocycles. The molecule has 1 aromatic heterocycles. The lowest BCUT2D eigenvalue weighted by Gasteiger charge is -2.40. The molecule has 0 radical (unpaired) electrons. The summed E-state index contributed by atoms with van der Waals surface area (Å²) in [5.41, 5.74) is 2.99. The first kappa shape index (κ1) is 33.6. The van der Waals surface area contributed by atoms with Crippen LogP contribution in [0.15, 0.2) is 47.3 Å². The van der Waals surface area contributed by atoms with E-state index in [4.69, 9.17) is 0 Å². The molecule has 11 heteroatoms. The van der Waals surface area contributed by atoms with E-state index in [-0.39, 0.29) is 48.0 Å². The number of para-hydroxylation sites is 3. The molecule has 3 fully saturated rings. The van der Waals surface area contributed by atoms with Gasteiger partial charge in [0.25, 0.3) is 0 Å². The van der Waals surface area contributed by atoms with E-state index in [9.17, 15) is 14.4 Å². The zero-order chi connectivity index (χ0) is 33.5. The average molecular weight is 667 g/mol. The highest BCUT2D eigenvalue weighted by Gasteiger charge is 2.44. The second-order valence-corrected chi connectivity index (χ2v) is 16.0. The van der Waals surface area contributed by atoms with Gasteiger partial charge < -0.3 is 19.7 Å². The van der Waals surface area contributed by atoms with Crippen LogP contribution >= 0.6 is 11.8 Å². The fraction of sp³-hybridized carbons (Fsp3) is 0.583. The summed E-state index contributed by atoms with van der Waals surface area (Å²) in [4.78, 5) is 51.7. The van der Waals surface area contributed by atoms with Crippen molar-refractivity contribution < 1.29 is 15.4 Å². The summed E-state index contributed by atoms with van der Waals surface area (Å²) in [7, 11) is 0. The summed E-state index contributed by atoms with van der Waals surface area (Å²) in [5.74, 6) is -0.347. The predicted octanol–water partition coefficient (Wildman–Crippen LogP) is 5.88. The molecule has 9 nitrogen and oxygen atoms in total. The summed E-state index contributed by atoms with van der Waals surface area (Å²) in [5, 5.41) is -0.897. The molecule has 4 heterocycles. The Morgan fingerprint density at radius 2 is 1.70 bits per heavy atom. The SMILES string of the molecule is CC(C)N1CCN(c2c(F)cccc2C2SC(CC(=O)N3CCC(n4c(=O)[nH]c5ccccc54)CC3)C(=O)N2CCC(C)(C)C)CC1.[HH]. The van der Waals surface area contributed by atoms with Crippen molar-refractivity contribution in [2.24, 2.45) is 5.41 Å². The third kappa shape index (κ3) is 7.11. The van der Waals surface area contributed by atoms with Crippen LogP contribution in [0.4, 0.5) is 10.1 Å². The number of H-pyrrole nitrogens is 1. The number of fused-ring (bicyclic) bond motifs is 1. The van der Waals surface area contributed by atoms with Gasteiger partial charge in [0.05, 0.1) is 22.0 Å². The number of halogens is 1. The normalized spacial score (nSPS) is 21.9. The van der Waals surface area contributed by atoms with Gasteiger partial charge in [-0.2, -0.15) is 0 Å². The van der Waals surface area contributed by atoms with E-state index in [1.807, 2.05) is 44.7 Å². The minimum absolute atomic E-state index is 0. The van der Waals surface area contributed by atoms with E-state index >= 15 is 4.39 Å². The number of thioether (sulfide) groups is 1. The van der Waals surface area contributed by atoms with E-state index in [0.29, 0.717) is 44.2 Å². The molecule has 2 aromatic carbocycles. The Balaban J connectivity index is 0.00000451. The minimum Gasteiger partial charge on any atom is -0.366 e. The fourth-order valence-electron chi connectivity index (χ4n) is 7.27. The number of aromatic nitrogens is 2. The predicted molar refractivity (Wildman–Crippen MR) is 189 cm³/mol. The van der Waals surface area contributed by atoms with Gasteiger partial charge in [0.2, 0.25) is 11.8 Å². The molecular weight excluding hydrogens is 616 g/mol. The zero-order valence-corrected chi connectivity index (χ0v) is 29.2. The van der Waals surface area contributed by atoms with Crippen molar-refractivity contribution in [1.82, 2.24) is 24.3 Å². The number of hydrogen-bond donors (Lipinski definition) is 1. The average Bonchev–Trinajstić information content (AvgIpc) is 3.54. The van der Waals surface area contributed by atoms with E-state index < -0.39 is 5.25 Å². The second kappa shape index (κ2) is 13.7. The van der Waals surface area contributed by atoms with Crippen molar-refractivity contribution in [3.8, 4) is 0 Å². The maximum Gasteiger partial charge on any atom is 0.326 e. The highest BCUT2D eigenvalue weighted by Crippen LogP contribution is 2.48. The molecule has 0 aliphatic carbocycles. The number of likely N-dealkylation sites (tertiary alicyclic amines) is 1. The molecule has 3 aliphatic rings. The number of imidazole rings is 1. The Morgan fingerprint density at radius 1 is 1.00 bits per heavy atom. The van der Waals surface area contributed by atoms with Gasteiger partial charge in [0, 0.05) is 71.3 Å². The maximum absolute atomic E-state index is 15.7.